The molecule has 0 radical (unpaired) electrons. The molecule has 0 bridgehead atoms. The summed E-state index contributed by atoms with van der Waals surface area (Å²) in [6.45, 7) is 1.83. The summed E-state index contributed by atoms with van der Waals surface area (Å²) in [7, 11) is 0. The number of aromatic nitrogens is 1. The van der Waals surface area contributed by atoms with Crippen LogP contribution in [0.3, 0.4) is 0 Å². The topological polar surface area (TPSA) is 68.0 Å². The Morgan fingerprint density at radius 3 is 2.46 bits per heavy atom. The fourth-order valence-corrected chi connectivity index (χ4v) is 3.22. The van der Waals surface area contributed by atoms with Crippen molar-refractivity contribution in [2.75, 3.05) is 11.1 Å². The number of pyridine rings is 1. The van der Waals surface area contributed by atoms with Crippen LogP contribution in [0.1, 0.15) is 20.9 Å². The summed E-state index contributed by atoms with van der Waals surface area (Å²) in [6.07, 6.45) is -4.41. The van der Waals surface area contributed by atoms with Gasteiger partial charge in [0.1, 0.15) is 9.71 Å². The molecule has 2 aromatic heterocycles. The summed E-state index contributed by atoms with van der Waals surface area (Å²) < 4.78 is 37.6. The van der Waals surface area contributed by atoms with Crippen LogP contribution in [0.25, 0.3) is 10.2 Å². The van der Waals surface area contributed by atoms with E-state index in [1.807, 2.05) is 6.92 Å². The number of hydrogen-bond acceptors (Lipinski definition) is 4. The Morgan fingerprint density at radius 2 is 1.83 bits per heavy atom. The molecule has 2 heterocycles. The molecule has 0 saturated heterocycles. The Morgan fingerprint density at radius 1 is 1.17 bits per heavy atom. The van der Waals surface area contributed by atoms with Crippen LogP contribution in [0.15, 0.2) is 36.4 Å². The minimum absolute atomic E-state index is 0.258. The summed E-state index contributed by atoms with van der Waals surface area (Å²) in [4.78, 5) is 17.6. The zero-order chi connectivity index (χ0) is 17.5. The van der Waals surface area contributed by atoms with Crippen molar-refractivity contribution in [3.8, 4) is 0 Å². The predicted molar refractivity (Wildman–Crippen MR) is 88.2 cm³/mol. The standard InChI is InChI=1S/C16H12F3N3OS/c1-8-2-7-11-12(20)13(24-15(11)21-8)14(23)22-10-5-3-9(4-6-10)16(17,18)19/h2-7H,20H2,1H3,(H,22,23). The van der Waals surface area contributed by atoms with Gasteiger partial charge in [0.05, 0.1) is 11.3 Å². The minimum Gasteiger partial charge on any atom is -0.397 e. The van der Waals surface area contributed by atoms with Gasteiger partial charge >= 0.3 is 6.18 Å². The fraction of sp³-hybridized carbons (Fsp3) is 0.125. The van der Waals surface area contributed by atoms with Crippen LogP contribution >= 0.6 is 11.3 Å². The molecule has 0 spiro atoms. The average Bonchev–Trinajstić information content (AvgIpc) is 2.83. The Balaban J connectivity index is 1.86. The van der Waals surface area contributed by atoms with Gasteiger partial charge in [0.15, 0.2) is 0 Å². The molecule has 0 atom stereocenters. The van der Waals surface area contributed by atoms with E-state index >= 15 is 0 Å². The number of hydrogen-bond donors (Lipinski definition) is 2. The molecule has 1 aromatic carbocycles. The van der Waals surface area contributed by atoms with Crippen LogP contribution in [0.4, 0.5) is 24.5 Å². The van der Waals surface area contributed by atoms with Gasteiger partial charge in [-0.1, -0.05) is 0 Å². The SMILES string of the molecule is Cc1ccc2c(N)c(C(=O)Nc3ccc(C(F)(F)F)cc3)sc2n1. The van der Waals surface area contributed by atoms with Crippen molar-refractivity contribution in [1.82, 2.24) is 4.98 Å². The molecular weight excluding hydrogens is 339 g/mol. The highest BCUT2D eigenvalue weighted by atomic mass is 32.1. The first-order chi connectivity index (χ1) is 11.3. The van der Waals surface area contributed by atoms with E-state index in [2.05, 4.69) is 10.3 Å². The third kappa shape index (κ3) is 3.05. The predicted octanol–water partition coefficient (Wildman–Crippen LogP) is 4.46. The van der Waals surface area contributed by atoms with Crippen LogP contribution < -0.4 is 11.1 Å². The number of carbonyl (C=O) groups excluding carboxylic acids is 1. The number of halogens is 3. The van der Waals surface area contributed by atoms with Gasteiger partial charge in [-0.2, -0.15) is 13.2 Å². The molecule has 8 heteroatoms. The number of nitrogen functional groups attached to an aromatic ring is 1. The summed E-state index contributed by atoms with van der Waals surface area (Å²) >= 11 is 1.14. The van der Waals surface area contributed by atoms with Gasteiger partial charge in [-0.3, -0.25) is 4.79 Å². The number of aryl methyl sites for hydroxylation is 1. The lowest BCUT2D eigenvalue weighted by molar-refractivity contribution is -0.137. The lowest BCUT2D eigenvalue weighted by Crippen LogP contribution is -2.12. The first-order valence-corrected chi connectivity index (χ1v) is 7.71. The molecular formula is C16H12F3N3OS. The number of nitrogens with two attached hydrogens (primary N) is 1. The van der Waals surface area contributed by atoms with Crippen molar-refractivity contribution < 1.29 is 18.0 Å². The second-order valence-electron chi connectivity index (χ2n) is 5.18. The number of amides is 1. The Labute approximate surface area is 139 Å². The fourth-order valence-electron chi connectivity index (χ4n) is 2.19. The van der Waals surface area contributed by atoms with Crippen LogP contribution in [0.2, 0.25) is 0 Å². The first-order valence-electron chi connectivity index (χ1n) is 6.90. The lowest BCUT2D eigenvalue weighted by atomic mass is 10.2. The average molecular weight is 351 g/mol. The van der Waals surface area contributed by atoms with Gasteiger partial charge in [-0.15, -0.1) is 11.3 Å². The maximum atomic E-state index is 12.5. The smallest absolute Gasteiger partial charge is 0.397 e. The monoisotopic (exact) mass is 351 g/mol. The van der Waals surface area contributed by atoms with Gasteiger partial charge in [-0.25, -0.2) is 4.98 Å². The summed E-state index contributed by atoms with van der Waals surface area (Å²) in [5.74, 6) is -0.479. The van der Waals surface area contributed by atoms with E-state index in [0.717, 1.165) is 29.2 Å². The number of anilines is 2. The molecule has 4 nitrogen and oxygen atoms in total. The second-order valence-corrected chi connectivity index (χ2v) is 6.18. The molecule has 0 unspecified atom stereocenters. The highest BCUT2D eigenvalue weighted by Crippen LogP contribution is 2.33. The summed E-state index contributed by atoms with van der Waals surface area (Å²) in [6, 6.07) is 7.81. The molecule has 24 heavy (non-hydrogen) atoms. The maximum absolute atomic E-state index is 12.5. The van der Waals surface area contributed by atoms with E-state index < -0.39 is 17.6 Å². The molecule has 3 aromatic rings. The Bertz CT molecular complexity index is 917. The second kappa shape index (κ2) is 5.79. The van der Waals surface area contributed by atoms with E-state index in [1.54, 1.807) is 12.1 Å². The third-order valence-electron chi connectivity index (χ3n) is 3.41. The van der Waals surface area contributed by atoms with E-state index in [1.165, 1.54) is 12.1 Å². The number of rotatable bonds is 2. The van der Waals surface area contributed by atoms with E-state index in [0.29, 0.717) is 15.9 Å². The van der Waals surface area contributed by atoms with Crippen molar-refractivity contribution >= 4 is 38.8 Å². The summed E-state index contributed by atoms with van der Waals surface area (Å²) in [5, 5.41) is 3.23. The number of fused-ring (bicyclic) bond motifs is 1. The molecule has 1 amide bonds. The van der Waals surface area contributed by atoms with Crippen molar-refractivity contribution in [2.24, 2.45) is 0 Å². The first kappa shape index (κ1) is 16.3. The number of alkyl halides is 3. The van der Waals surface area contributed by atoms with Crippen molar-refractivity contribution in [2.45, 2.75) is 13.1 Å². The Kier molecular flexibility index (Phi) is 3.92. The van der Waals surface area contributed by atoms with Crippen LogP contribution in [0.5, 0.6) is 0 Å². The zero-order valence-electron chi connectivity index (χ0n) is 12.4. The number of thiophene rings is 1. The molecule has 0 aliphatic heterocycles. The van der Waals surface area contributed by atoms with E-state index in [4.69, 9.17) is 5.73 Å². The molecule has 0 saturated carbocycles. The van der Waals surface area contributed by atoms with E-state index in [9.17, 15) is 18.0 Å². The normalized spacial score (nSPS) is 11.7. The molecule has 3 rings (SSSR count). The summed E-state index contributed by atoms with van der Waals surface area (Å²) in [5.41, 5.74) is 6.58. The van der Waals surface area contributed by atoms with Gasteiger partial charge in [0.25, 0.3) is 5.91 Å². The van der Waals surface area contributed by atoms with Crippen LogP contribution in [-0.4, -0.2) is 10.9 Å². The zero-order valence-corrected chi connectivity index (χ0v) is 13.3. The quantitative estimate of drug-likeness (QED) is 0.716. The van der Waals surface area contributed by atoms with Crippen LogP contribution in [-0.2, 0) is 6.18 Å². The molecule has 0 aliphatic rings. The minimum atomic E-state index is -4.41. The molecule has 124 valence electrons. The number of benzene rings is 1. The van der Waals surface area contributed by atoms with Gasteiger partial charge in [-0.05, 0) is 43.3 Å². The van der Waals surface area contributed by atoms with Crippen LogP contribution in [0, 0.1) is 6.92 Å². The Hall–Kier alpha value is -2.61. The highest BCUT2D eigenvalue weighted by Gasteiger charge is 2.30. The molecule has 0 aliphatic carbocycles. The number of nitrogens with zero attached hydrogens (tertiary/aromatic N) is 1. The highest BCUT2D eigenvalue weighted by molar-refractivity contribution is 7.21. The lowest BCUT2D eigenvalue weighted by Gasteiger charge is -2.08. The van der Waals surface area contributed by atoms with E-state index in [-0.39, 0.29) is 10.6 Å². The van der Waals surface area contributed by atoms with Crippen molar-refractivity contribution in [3.05, 3.63) is 52.5 Å². The number of carbonyl (C=O) groups is 1. The van der Waals surface area contributed by atoms with Crippen molar-refractivity contribution in [3.63, 3.8) is 0 Å². The van der Waals surface area contributed by atoms with Gasteiger partial charge < -0.3 is 11.1 Å². The molecule has 3 N–H and O–H groups in total. The van der Waals surface area contributed by atoms with Gasteiger partial charge in [0.2, 0.25) is 0 Å². The maximum Gasteiger partial charge on any atom is 0.416 e. The third-order valence-corrected chi connectivity index (χ3v) is 4.52. The molecule has 0 fully saturated rings. The van der Waals surface area contributed by atoms with Gasteiger partial charge in [0, 0.05) is 16.8 Å². The van der Waals surface area contributed by atoms with Crippen molar-refractivity contribution in [1.29, 1.82) is 0 Å². The number of nitrogens with one attached hydrogen (secondary N) is 1. The largest absolute Gasteiger partial charge is 0.416 e.